The quantitative estimate of drug-likeness (QED) is 0.810. The minimum absolute atomic E-state index is 0.0693. The van der Waals surface area contributed by atoms with Crippen LogP contribution in [0.25, 0.3) is 0 Å². The van der Waals surface area contributed by atoms with Crippen LogP contribution in [0.15, 0.2) is 0 Å². The Bertz CT molecular complexity index is 567. The molecular formula is C12H13N5O2. The van der Waals surface area contributed by atoms with Gasteiger partial charge in [0.15, 0.2) is 0 Å². The number of nitrogens with zero attached hydrogens (tertiary/aromatic N) is 4. The smallest absolute Gasteiger partial charge is 0.235 e. The van der Waals surface area contributed by atoms with E-state index in [0.29, 0.717) is 32.0 Å². The first-order valence-electron chi connectivity index (χ1n) is 5.73. The van der Waals surface area contributed by atoms with Crippen LogP contribution in [0.1, 0.15) is 11.1 Å². The fourth-order valence-electron chi connectivity index (χ4n) is 2.03. The van der Waals surface area contributed by atoms with E-state index in [2.05, 4.69) is 4.98 Å². The van der Waals surface area contributed by atoms with E-state index in [0.717, 1.165) is 0 Å². The molecule has 0 bridgehead atoms. The van der Waals surface area contributed by atoms with E-state index >= 15 is 0 Å². The number of hydrogen-bond donors (Lipinski definition) is 1. The summed E-state index contributed by atoms with van der Waals surface area (Å²) in [5.41, 5.74) is 6.68. The Morgan fingerprint density at radius 2 is 1.89 bits per heavy atom. The zero-order valence-corrected chi connectivity index (χ0v) is 10.5. The van der Waals surface area contributed by atoms with E-state index in [9.17, 15) is 10.5 Å². The Morgan fingerprint density at radius 3 is 2.42 bits per heavy atom. The lowest BCUT2D eigenvalue weighted by Crippen LogP contribution is -2.37. The van der Waals surface area contributed by atoms with Crippen molar-refractivity contribution in [2.24, 2.45) is 0 Å². The van der Waals surface area contributed by atoms with Crippen LogP contribution in [0, 0.1) is 22.7 Å². The van der Waals surface area contributed by atoms with Gasteiger partial charge < -0.3 is 20.1 Å². The molecule has 1 fully saturated rings. The maximum Gasteiger partial charge on any atom is 0.235 e. The number of pyridine rings is 1. The topological polar surface area (TPSA) is 108 Å². The van der Waals surface area contributed by atoms with Crippen molar-refractivity contribution in [1.29, 1.82) is 10.5 Å². The molecule has 7 nitrogen and oxygen atoms in total. The summed E-state index contributed by atoms with van der Waals surface area (Å²) in [7, 11) is 1.41. The number of morpholine rings is 1. The molecule has 1 saturated heterocycles. The number of methoxy groups -OCH3 is 1. The molecule has 0 saturated carbocycles. The second-order valence-electron chi connectivity index (χ2n) is 3.93. The van der Waals surface area contributed by atoms with E-state index in [1.807, 2.05) is 17.0 Å². The second-order valence-corrected chi connectivity index (χ2v) is 3.93. The molecule has 1 aliphatic heterocycles. The van der Waals surface area contributed by atoms with Gasteiger partial charge in [0.25, 0.3) is 0 Å². The maximum atomic E-state index is 9.29. The zero-order valence-electron chi connectivity index (χ0n) is 10.5. The highest BCUT2D eigenvalue weighted by Crippen LogP contribution is 2.34. The molecule has 2 N–H and O–H groups in total. The minimum Gasteiger partial charge on any atom is -0.480 e. The van der Waals surface area contributed by atoms with E-state index in [1.54, 1.807) is 0 Å². The Morgan fingerprint density at radius 1 is 1.26 bits per heavy atom. The van der Waals surface area contributed by atoms with Crippen LogP contribution >= 0.6 is 0 Å². The Hall–Kier alpha value is -2.51. The lowest BCUT2D eigenvalue weighted by atomic mass is 10.1. The number of nitriles is 2. The molecule has 0 aromatic carbocycles. The van der Waals surface area contributed by atoms with E-state index < -0.39 is 0 Å². The SMILES string of the molecule is COc1nc(N)c(C#N)c(N2CCOCC2)c1C#N. The number of rotatable bonds is 2. The van der Waals surface area contributed by atoms with Gasteiger partial charge in [-0.3, -0.25) is 0 Å². The van der Waals surface area contributed by atoms with Crippen LogP contribution in [0.2, 0.25) is 0 Å². The molecule has 0 unspecified atom stereocenters. The van der Waals surface area contributed by atoms with Gasteiger partial charge in [-0.25, -0.2) is 0 Å². The summed E-state index contributed by atoms with van der Waals surface area (Å²) in [5, 5.41) is 18.5. The molecule has 7 heteroatoms. The third kappa shape index (κ3) is 2.24. The van der Waals surface area contributed by atoms with Crippen LogP contribution < -0.4 is 15.4 Å². The summed E-state index contributed by atoms with van der Waals surface area (Å²) in [6.07, 6.45) is 0. The Labute approximate surface area is 110 Å². The number of nitrogens with two attached hydrogens (primary N) is 1. The van der Waals surface area contributed by atoms with Crippen molar-refractivity contribution >= 4 is 11.5 Å². The lowest BCUT2D eigenvalue weighted by Gasteiger charge is -2.30. The van der Waals surface area contributed by atoms with Crippen LogP contribution in [0.5, 0.6) is 5.88 Å². The standard InChI is InChI=1S/C12H13N5O2/c1-18-12-9(7-14)10(8(6-13)11(15)16-12)17-2-4-19-5-3-17/h2-5H2,1H3,(H2,15,16). The van der Waals surface area contributed by atoms with Crippen molar-refractivity contribution < 1.29 is 9.47 Å². The molecule has 2 rings (SSSR count). The molecule has 0 atom stereocenters. The first kappa shape index (κ1) is 12.9. The van der Waals surface area contributed by atoms with Gasteiger partial charge in [0.1, 0.15) is 29.1 Å². The fourth-order valence-corrected chi connectivity index (χ4v) is 2.03. The summed E-state index contributed by atoms with van der Waals surface area (Å²) >= 11 is 0. The average molecular weight is 259 g/mol. The number of hydrogen-bond acceptors (Lipinski definition) is 7. The van der Waals surface area contributed by atoms with Gasteiger partial charge in [0.2, 0.25) is 5.88 Å². The number of anilines is 2. The first-order chi connectivity index (χ1) is 9.22. The zero-order chi connectivity index (χ0) is 13.8. The van der Waals surface area contributed by atoms with E-state index in [4.69, 9.17) is 15.2 Å². The largest absolute Gasteiger partial charge is 0.480 e. The van der Waals surface area contributed by atoms with Gasteiger partial charge in [-0.2, -0.15) is 15.5 Å². The van der Waals surface area contributed by atoms with Crippen LogP contribution in [-0.2, 0) is 4.74 Å². The molecule has 0 aliphatic carbocycles. The highest BCUT2D eigenvalue weighted by molar-refractivity contribution is 5.76. The Balaban J connectivity index is 2.64. The highest BCUT2D eigenvalue weighted by atomic mass is 16.5. The molecular weight excluding hydrogens is 246 g/mol. The minimum atomic E-state index is 0.0693. The molecule has 0 radical (unpaired) electrons. The third-order valence-corrected chi connectivity index (χ3v) is 2.91. The number of ether oxygens (including phenoxy) is 2. The molecule has 98 valence electrons. The van der Waals surface area contributed by atoms with Crippen LogP contribution in [-0.4, -0.2) is 38.4 Å². The molecule has 1 aliphatic rings. The molecule has 1 aromatic rings. The molecule has 2 heterocycles. The van der Waals surface area contributed by atoms with Gasteiger partial charge in [-0.15, -0.1) is 0 Å². The predicted molar refractivity (Wildman–Crippen MR) is 67.7 cm³/mol. The normalized spacial score (nSPS) is 14.6. The predicted octanol–water partition coefficient (Wildman–Crippen LogP) is 0.252. The van der Waals surface area contributed by atoms with Crippen molar-refractivity contribution in [1.82, 2.24) is 4.98 Å². The fraction of sp³-hybridized carbons (Fsp3) is 0.417. The molecule has 19 heavy (non-hydrogen) atoms. The van der Waals surface area contributed by atoms with Crippen molar-refractivity contribution in [2.45, 2.75) is 0 Å². The van der Waals surface area contributed by atoms with Crippen LogP contribution in [0.3, 0.4) is 0 Å². The van der Waals surface area contributed by atoms with Crippen LogP contribution in [0.4, 0.5) is 11.5 Å². The van der Waals surface area contributed by atoms with E-state index in [1.165, 1.54) is 7.11 Å². The van der Waals surface area contributed by atoms with Crippen molar-refractivity contribution in [2.75, 3.05) is 44.0 Å². The average Bonchev–Trinajstić information content (AvgIpc) is 2.46. The van der Waals surface area contributed by atoms with Gasteiger partial charge in [-0.1, -0.05) is 0 Å². The summed E-state index contributed by atoms with van der Waals surface area (Å²) in [6, 6.07) is 4.05. The monoisotopic (exact) mass is 259 g/mol. The Kier molecular flexibility index (Phi) is 3.69. The molecule has 0 spiro atoms. The van der Waals surface area contributed by atoms with Crippen molar-refractivity contribution in [3.05, 3.63) is 11.1 Å². The maximum absolute atomic E-state index is 9.29. The van der Waals surface area contributed by atoms with Crippen molar-refractivity contribution in [3.8, 4) is 18.0 Å². The first-order valence-corrected chi connectivity index (χ1v) is 5.73. The van der Waals surface area contributed by atoms with Crippen molar-refractivity contribution in [3.63, 3.8) is 0 Å². The molecule has 1 aromatic heterocycles. The lowest BCUT2D eigenvalue weighted by molar-refractivity contribution is 0.122. The summed E-state index contributed by atoms with van der Waals surface area (Å²) < 4.78 is 10.3. The van der Waals surface area contributed by atoms with Gasteiger partial charge >= 0.3 is 0 Å². The number of nitrogen functional groups attached to an aromatic ring is 1. The van der Waals surface area contributed by atoms with Gasteiger partial charge in [-0.05, 0) is 0 Å². The third-order valence-electron chi connectivity index (χ3n) is 2.91. The number of aromatic nitrogens is 1. The summed E-state index contributed by atoms with van der Waals surface area (Å²) in [5.74, 6) is 0.209. The van der Waals surface area contributed by atoms with Gasteiger partial charge in [0, 0.05) is 13.1 Å². The molecule has 0 amide bonds. The summed E-state index contributed by atoms with van der Waals surface area (Å²) in [6.45, 7) is 2.27. The highest BCUT2D eigenvalue weighted by Gasteiger charge is 2.25. The second kappa shape index (κ2) is 5.42. The van der Waals surface area contributed by atoms with Gasteiger partial charge in [0.05, 0.1) is 26.0 Å². The summed E-state index contributed by atoms with van der Waals surface area (Å²) in [4.78, 5) is 5.85. The van der Waals surface area contributed by atoms with E-state index in [-0.39, 0.29) is 22.8 Å².